The summed E-state index contributed by atoms with van der Waals surface area (Å²) in [6.07, 6.45) is 0. The van der Waals surface area contributed by atoms with Gasteiger partial charge < -0.3 is 8.98 Å². The largest absolute Gasteiger partial charge is 0.456 e. The van der Waals surface area contributed by atoms with Crippen molar-refractivity contribution in [3.63, 3.8) is 0 Å². The second kappa shape index (κ2) is 12.2. The summed E-state index contributed by atoms with van der Waals surface area (Å²) in [4.78, 5) is 15.8. The van der Waals surface area contributed by atoms with Crippen LogP contribution in [0, 0.1) is 0 Å². The van der Waals surface area contributed by atoms with Crippen LogP contribution in [-0.4, -0.2) is 24.1 Å². The quantitative estimate of drug-likeness (QED) is 0.180. The van der Waals surface area contributed by atoms with Crippen molar-refractivity contribution in [1.29, 1.82) is 0 Å². The fraction of sp³-hybridized carbons (Fsp3) is 0. The molecule has 6 heteroatoms. The van der Waals surface area contributed by atoms with Crippen LogP contribution < -0.4 is 0 Å². The van der Waals surface area contributed by atoms with Gasteiger partial charge in [-0.3, -0.25) is 4.57 Å². The van der Waals surface area contributed by atoms with Gasteiger partial charge in [0.1, 0.15) is 11.2 Å². The molecule has 274 valence electrons. The van der Waals surface area contributed by atoms with Crippen LogP contribution in [-0.2, 0) is 0 Å². The molecule has 4 heterocycles. The molecule has 6 nitrogen and oxygen atoms in total. The Bertz CT molecular complexity index is 3800. The maximum atomic E-state index is 6.78. The first-order valence-corrected chi connectivity index (χ1v) is 19.9. The predicted octanol–water partition coefficient (Wildman–Crippen LogP) is 13.6. The smallest absolute Gasteiger partial charge is 0.238 e. The van der Waals surface area contributed by atoms with Crippen LogP contribution in [0.3, 0.4) is 0 Å². The lowest BCUT2D eigenvalue weighted by Gasteiger charge is -2.15. The number of nitrogens with zero attached hydrogens (tertiary/aromatic N) is 5. The third kappa shape index (κ3) is 4.71. The van der Waals surface area contributed by atoms with Crippen molar-refractivity contribution in [3.8, 4) is 34.4 Å². The third-order valence-electron chi connectivity index (χ3n) is 11.9. The van der Waals surface area contributed by atoms with E-state index in [1.165, 1.54) is 32.3 Å². The second-order valence-corrected chi connectivity index (χ2v) is 15.2. The maximum absolute atomic E-state index is 6.78. The van der Waals surface area contributed by atoms with Gasteiger partial charge in [0, 0.05) is 43.4 Å². The lowest BCUT2D eigenvalue weighted by molar-refractivity contribution is 0.669. The van der Waals surface area contributed by atoms with Crippen molar-refractivity contribution >= 4 is 87.1 Å². The van der Waals surface area contributed by atoms with Crippen molar-refractivity contribution in [2.45, 2.75) is 0 Å². The van der Waals surface area contributed by atoms with E-state index in [1.54, 1.807) is 0 Å². The van der Waals surface area contributed by atoms with Gasteiger partial charge in [0.05, 0.1) is 33.1 Å². The van der Waals surface area contributed by atoms with Gasteiger partial charge in [-0.15, -0.1) is 0 Å². The molecule has 0 spiro atoms. The molecule has 13 aromatic rings. The highest BCUT2D eigenvalue weighted by Gasteiger charge is 2.23. The summed E-state index contributed by atoms with van der Waals surface area (Å²) < 4.78 is 11.4. The topological polar surface area (TPSA) is 61.7 Å². The Labute approximate surface area is 336 Å². The summed E-state index contributed by atoms with van der Waals surface area (Å²) in [5.74, 6) is 1.69. The average Bonchev–Trinajstić information content (AvgIpc) is 3.96. The number of fused-ring (bicyclic) bond motifs is 12. The summed E-state index contributed by atoms with van der Waals surface area (Å²) >= 11 is 0. The first-order valence-electron chi connectivity index (χ1n) is 19.9. The molecule has 0 radical (unpaired) electrons. The van der Waals surface area contributed by atoms with E-state index in [0.717, 1.165) is 71.6 Å². The molecule has 0 aliphatic heterocycles. The van der Waals surface area contributed by atoms with E-state index in [4.69, 9.17) is 19.4 Å². The second-order valence-electron chi connectivity index (χ2n) is 15.2. The van der Waals surface area contributed by atoms with Crippen molar-refractivity contribution in [2.75, 3.05) is 0 Å². The molecule has 0 unspecified atom stereocenters. The van der Waals surface area contributed by atoms with Crippen LogP contribution >= 0.6 is 0 Å². The summed E-state index contributed by atoms with van der Waals surface area (Å²) in [5.41, 5.74) is 8.63. The zero-order valence-electron chi connectivity index (χ0n) is 31.5. The molecular weight excluding hydrogens is 723 g/mol. The number of benzene rings is 9. The zero-order chi connectivity index (χ0) is 38.6. The monoisotopic (exact) mass is 753 g/mol. The van der Waals surface area contributed by atoms with Gasteiger partial charge in [0.2, 0.25) is 5.95 Å². The molecule has 9 aromatic carbocycles. The molecule has 0 saturated heterocycles. The molecule has 0 atom stereocenters. The van der Waals surface area contributed by atoms with Gasteiger partial charge in [0.15, 0.2) is 11.6 Å². The molecule has 0 aliphatic carbocycles. The first-order chi connectivity index (χ1) is 29.2. The molecule has 0 N–H and O–H groups in total. The van der Waals surface area contributed by atoms with Gasteiger partial charge >= 0.3 is 0 Å². The molecule has 0 saturated carbocycles. The van der Waals surface area contributed by atoms with Crippen molar-refractivity contribution < 1.29 is 4.42 Å². The van der Waals surface area contributed by atoms with E-state index >= 15 is 0 Å². The summed E-state index contributed by atoms with van der Waals surface area (Å²) in [6, 6.07) is 66.2. The molecule has 0 amide bonds. The van der Waals surface area contributed by atoms with Gasteiger partial charge in [-0.05, 0) is 58.6 Å². The highest BCUT2D eigenvalue weighted by Crippen LogP contribution is 2.44. The number of rotatable bonds is 4. The van der Waals surface area contributed by atoms with E-state index in [9.17, 15) is 0 Å². The minimum absolute atomic E-state index is 0.548. The van der Waals surface area contributed by atoms with Crippen molar-refractivity contribution in [3.05, 3.63) is 188 Å². The summed E-state index contributed by atoms with van der Waals surface area (Å²) in [6.45, 7) is 0. The van der Waals surface area contributed by atoms with E-state index < -0.39 is 0 Å². The Morgan fingerprint density at radius 3 is 1.73 bits per heavy atom. The number of hydrogen-bond donors (Lipinski definition) is 0. The molecule has 0 fully saturated rings. The molecule has 0 aliphatic rings. The average molecular weight is 754 g/mol. The fourth-order valence-electron chi connectivity index (χ4n) is 9.30. The highest BCUT2D eigenvalue weighted by atomic mass is 16.3. The Hall–Kier alpha value is -8.09. The van der Waals surface area contributed by atoms with Gasteiger partial charge in [-0.25, -0.2) is 4.98 Å². The van der Waals surface area contributed by atoms with Crippen LogP contribution in [0.15, 0.2) is 192 Å². The lowest BCUT2D eigenvalue weighted by atomic mass is 10.0. The Morgan fingerprint density at radius 1 is 0.356 bits per heavy atom. The minimum atomic E-state index is 0.548. The van der Waals surface area contributed by atoms with Crippen LogP contribution in [0.25, 0.3) is 122 Å². The molecule has 0 bridgehead atoms. The van der Waals surface area contributed by atoms with E-state index in [0.29, 0.717) is 17.6 Å². The van der Waals surface area contributed by atoms with Gasteiger partial charge in [0.25, 0.3) is 0 Å². The normalized spacial score (nSPS) is 12.1. The zero-order valence-corrected chi connectivity index (χ0v) is 31.5. The standard InChI is InChI=1S/C53H31N5O/c1-2-15-33(16-3-1)51-54-52(56-53(55-51)58-43-23-11-8-20-38(43)39-21-9-12-24-44(39)58)36-30-46(49-41-22-10-13-25-47(41)59-48(49)31-36)57-45-29-35-18-5-4-17-34(35)28-42(45)40-27-26-32-14-6-7-19-37(32)50(40)57/h1-31H. The Balaban J connectivity index is 1.18. The third-order valence-corrected chi connectivity index (χ3v) is 11.9. The lowest BCUT2D eigenvalue weighted by Crippen LogP contribution is -2.06. The Kier molecular flexibility index (Phi) is 6.63. The van der Waals surface area contributed by atoms with Crippen LogP contribution in [0.5, 0.6) is 0 Å². The van der Waals surface area contributed by atoms with E-state index in [2.05, 4.69) is 167 Å². The Morgan fingerprint density at radius 2 is 0.966 bits per heavy atom. The summed E-state index contributed by atoms with van der Waals surface area (Å²) in [7, 11) is 0. The number of aromatic nitrogens is 5. The van der Waals surface area contributed by atoms with Crippen molar-refractivity contribution in [1.82, 2.24) is 24.1 Å². The molecular formula is C53H31N5O. The van der Waals surface area contributed by atoms with Crippen LogP contribution in [0.4, 0.5) is 0 Å². The predicted molar refractivity (Wildman–Crippen MR) is 242 cm³/mol. The van der Waals surface area contributed by atoms with Crippen LogP contribution in [0.2, 0.25) is 0 Å². The number of hydrogen-bond acceptors (Lipinski definition) is 4. The van der Waals surface area contributed by atoms with Gasteiger partial charge in [-0.1, -0.05) is 146 Å². The number of para-hydroxylation sites is 3. The first kappa shape index (κ1) is 32.0. The SMILES string of the molecule is c1ccc(-c2nc(-c3cc(-n4c5cc6ccccc6cc5c5ccc6ccccc6c54)c4c(c3)oc3ccccc34)nc(-n3c4ccccc4c4ccccc43)n2)cc1. The van der Waals surface area contributed by atoms with E-state index in [-0.39, 0.29) is 0 Å². The fourth-order valence-corrected chi connectivity index (χ4v) is 9.30. The van der Waals surface area contributed by atoms with E-state index in [1.807, 2.05) is 30.3 Å². The van der Waals surface area contributed by atoms with Gasteiger partial charge in [-0.2, -0.15) is 9.97 Å². The highest BCUT2D eigenvalue weighted by molar-refractivity contribution is 6.22. The molecule has 13 rings (SSSR count). The summed E-state index contributed by atoms with van der Waals surface area (Å²) in [5, 5.41) is 11.5. The maximum Gasteiger partial charge on any atom is 0.238 e. The molecule has 59 heavy (non-hydrogen) atoms. The van der Waals surface area contributed by atoms with Crippen molar-refractivity contribution in [2.24, 2.45) is 0 Å². The molecule has 4 aromatic heterocycles. The van der Waals surface area contributed by atoms with Crippen LogP contribution in [0.1, 0.15) is 0 Å². The number of furan rings is 1. The minimum Gasteiger partial charge on any atom is -0.456 e.